The summed E-state index contributed by atoms with van der Waals surface area (Å²) in [5, 5.41) is 4.48. The molecule has 0 spiro atoms. The quantitative estimate of drug-likeness (QED) is 0.685. The molecule has 128 valence electrons. The van der Waals surface area contributed by atoms with E-state index in [-0.39, 0.29) is 15.7 Å². The summed E-state index contributed by atoms with van der Waals surface area (Å²) in [4.78, 5) is 13.0. The van der Waals surface area contributed by atoms with Crippen molar-refractivity contribution in [2.45, 2.75) is 24.7 Å². The molecule has 5 nitrogen and oxygen atoms in total. The number of carbonyl (C=O) groups excluding carboxylic acids is 1. The maximum atomic E-state index is 12.7. The smallest absolute Gasteiger partial charge is 0.267 e. The zero-order chi connectivity index (χ0) is 17.3. The molecule has 24 heavy (non-hydrogen) atoms. The molecule has 1 aliphatic heterocycles. The van der Waals surface area contributed by atoms with Crippen LogP contribution in [0.4, 0.5) is 5.69 Å². The second-order valence-corrected chi connectivity index (χ2v) is 9.71. The summed E-state index contributed by atoms with van der Waals surface area (Å²) in [6, 6.07) is 7.22. The van der Waals surface area contributed by atoms with E-state index in [9.17, 15) is 13.2 Å². The van der Waals surface area contributed by atoms with E-state index < -0.39 is 10.0 Å². The molecule has 1 N–H and O–H groups in total. The zero-order valence-corrected chi connectivity index (χ0v) is 16.9. The van der Waals surface area contributed by atoms with Gasteiger partial charge in [-0.3, -0.25) is 4.79 Å². The third-order valence-electron chi connectivity index (χ3n) is 3.95. The van der Waals surface area contributed by atoms with E-state index in [1.54, 1.807) is 5.38 Å². The van der Waals surface area contributed by atoms with Crippen molar-refractivity contribution in [3.05, 3.63) is 43.7 Å². The van der Waals surface area contributed by atoms with Gasteiger partial charge in [0.1, 0.15) is 9.77 Å². The molecule has 0 saturated carbocycles. The number of anilines is 1. The monoisotopic (exact) mass is 476 g/mol. The maximum Gasteiger partial charge on any atom is 0.267 e. The lowest BCUT2D eigenvalue weighted by Gasteiger charge is -2.16. The first-order valence-corrected chi connectivity index (χ1v) is 10.9. The van der Waals surface area contributed by atoms with Gasteiger partial charge in [-0.2, -0.15) is 4.31 Å². The molecule has 0 radical (unpaired) electrons. The lowest BCUT2D eigenvalue weighted by Crippen LogP contribution is -2.29. The predicted octanol–water partition coefficient (Wildman–Crippen LogP) is 3.70. The highest BCUT2D eigenvalue weighted by Crippen LogP contribution is 2.29. The summed E-state index contributed by atoms with van der Waals surface area (Å²) < 4.78 is 28.0. The lowest BCUT2D eigenvalue weighted by molar-refractivity contribution is 0.102. The first-order valence-electron chi connectivity index (χ1n) is 7.55. The maximum absolute atomic E-state index is 12.7. The zero-order valence-electron chi connectivity index (χ0n) is 13.1. The van der Waals surface area contributed by atoms with E-state index in [1.807, 2.05) is 25.1 Å². The fourth-order valence-electron chi connectivity index (χ4n) is 2.68. The van der Waals surface area contributed by atoms with Crippen LogP contribution in [0.5, 0.6) is 0 Å². The average Bonchev–Trinajstić information content (AvgIpc) is 3.21. The van der Waals surface area contributed by atoms with Crippen LogP contribution in [0.2, 0.25) is 0 Å². The van der Waals surface area contributed by atoms with Gasteiger partial charge >= 0.3 is 0 Å². The SMILES string of the molecule is Cc1cc(I)ccc1NC(=O)c1sccc1S(=O)(=O)N1CCCC1. The highest BCUT2D eigenvalue weighted by molar-refractivity contribution is 14.1. The van der Waals surface area contributed by atoms with Gasteiger partial charge in [-0.15, -0.1) is 11.3 Å². The fourth-order valence-corrected chi connectivity index (χ4v) is 6.14. The number of halogens is 1. The van der Waals surface area contributed by atoms with Crippen LogP contribution in [0, 0.1) is 10.5 Å². The molecule has 1 aliphatic rings. The number of hydrogen-bond acceptors (Lipinski definition) is 4. The van der Waals surface area contributed by atoms with Crippen molar-refractivity contribution in [3.63, 3.8) is 0 Å². The number of hydrogen-bond donors (Lipinski definition) is 1. The van der Waals surface area contributed by atoms with Gasteiger partial charge in [0.25, 0.3) is 5.91 Å². The van der Waals surface area contributed by atoms with Gasteiger partial charge in [0.05, 0.1) is 0 Å². The molecule has 2 heterocycles. The Morgan fingerprint density at radius 1 is 1.25 bits per heavy atom. The Labute approximate surface area is 159 Å². The molecule has 0 atom stereocenters. The van der Waals surface area contributed by atoms with Crippen molar-refractivity contribution in [1.82, 2.24) is 4.31 Å². The minimum Gasteiger partial charge on any atom is -0.321 e. The molecular formula is C16H17IN2O3S2. The molecule has 8 heteroatoms. The number of nitrogens with zero attached hydrogens (tertiary/aromatic N) is 1. The molecular weight excluding hydrogens is 459 g/mol. The largest absolute Gasteiger partial charge is 0.321 e. The summed E-state index contributed by atoms with van der Waals surface area (Å²) >= 11 is 3.36. The molecule has 1 fully saturated rings. The van der Waals surface area contributed by atoms with E-state index in [2.05, 4.69) is 27.9 Å². The number of aryl methyl sites for hydroxylation is 1. The van der Waals surface area contributed by atoms with Crippen molar-refractivity contribution < 1.29 is 13.2 Å². The highest BCUT2D eigenvalue weighted by Gasteiger charge is 2.31. The van der Waals surface area contributed by atoms with Gasteiger partial charge in [0.15, 0.2) is 0 Å². The Morgan fingerprint density at radius 3 is 2.62 bits per heavy atom. The topological polar surface area (TPSA) is 66.5 Å². The number of nitrogens with one attached hydrogen (secondary N) is 1. The Kier molecular flexibility index (Phi) is 5.28. The molecule has 1 aromatic heterocycles. The van der Waals surface area contributed by atoms with Crippen molar-refractivity contribution in [2.75, 3.05) is 18.4 Å². The number of rotatable bonds is 4. The van der Waals surface area contributed by atoms with Crippen molar-refractivity contribution in [3.8, 4) is 0 Å². The van der Waals surface area contributed by atoms with Crippen LogP contribution in [0.25, 0.3) is 0 Å². The van der Waals surface area contributed by atoms with Gasteiger partial charge in [-0.05, 0) is 77.6 Å². The van der Waals surface area contributed by atoms with Gasteiger partial charge < -0.3 is 5.32 Å². The lowest BCUT2D eigenvalue weighted by atomic mass is 10.2. The highest BCUT2D eigenvalue weighted by atomic mass is 127. The molecule has 1 amide bonds. The standard InChI is InChI=1S/C16H17IN2O3S2/c1-11-10-12(17)4-5-13(11)18-16(20)15-14(6-9-23-15)24(21,22)19-7-2-3-8-19/h4-6,9-10H,2-3,7-8H2,1H3,(H,18,20). The normalized spacial score (nSPS) is 15.6. The van der Waals surface area contributed by atoms with E-state index in [0.29, 0.717) is 18.8 Å². The summed E-state index contributed by atoms with van der Waals surface area (Å²) in [5.41, 5.74) is 1.63. The second kappa shape index (κ2) is 7.11. The number of carbonyl (C=O) groups is 1. The molecule has 0 aliphatic carbocycles. The Hall–Kier alpha value is -0.970. The summed E-state index contributed by atoms with van der Waals surface area (Å²) in [6.07, 6.45) is 1.74. The van der Waals surface area contributed by atoms with Crippen LogP contribution in [-0.2, 0) is 10.0 Å². The van der Waals surface area contributed by atoms with Gasteiger partial charge in [0, 0.05) is 22.3 Å². The molecule has 0 unspecified atom stereocenters. The summed E-state index contributed by atoms with van der Waals surface area (Å²) in [5.74, 6) is -0.382. The third-order valence-corrected chi connectivity index (χ3v) is 7.61. The van der Waals surface area contributed by atoms with E-state index in [4.69, 9.17) is 0 Å². The molecule has 1 saturated heterocycles. The Bertz CT molecular complexity index is 871. The molecule has 2 aromatic rings. The number of sulfonamides is 1. The van der Waals surface area contributed by atoms with Gasteiger partial charge in [-0.25, -0.2) is 8.42 Å². The second-order valence-electron chi connectivity index (χ2n) is 5.64. The minimum absolute atomic E-state index is 0.107. The van der Waals surface area contributed by atoms with Gasteiger partial charge in [0.2, 0.25) is 10.0 Å². The molecule has 0 bridgehead atoms. The van der Waals surface area contributed by atoms with Crippen LogP contribution in [-0.4, -0.2) is 31.7 Å². The Balaban J connectivity index is 1.88. The molecule has 1 aromatic carbocycles. The van der Waals surface area contributed by atoms with E-state index >= 15 is 0 Å². The molecule has 3 rings (SSSR count). The van der Waals surface area contributed by atoms with Crippen LogP contribution >= 0.6 is 33.9 Å². The van der Waals surface area contributed by atoms with Crippen molar-refractivity contribution in [2.24, 2.45) is 0 Å². The van der Waals surface area contributed by atoms with Crippen molar-refractivity contribution >= 4 is 55.5 Å². The predicted molar refractivity (Wildman–Crippen MR) is 104 cm³/mol. The fraction of sp³-hybridized carbons (Fsp3) is 0.312. The minimum atomic E-state index is -3.60. The average molecular weight is 476 g/mol. The summed E-state index contributed by atoms with van der Waals surface area (Å²) in [6.45, 7) is 2.96. The van der Waals surface area contributed by atoms with E-state index in [1.165, 1.54) is 10.4 Å². The van der Waals surface area contributed by atoms with Crippen LogP contribution in [0.3, 0.4) is 0 Å². The number of amides is 1. The Morgan fingerprint density at radius 2 is 1.96 bits per heavy atom. The third kappa shape index (κ3) is 3.51. The number of benzene rings is 1. The summed E-state index contributed by atoms with van der Waals surface area (Å²) in [7, 11) is -3.60. The van der Waals surface area contributed by atoms with Crippen LogP contribution in [0.15, 0.2) is 34.5 Å². The van der Waals surface area contributed by atoms with Crippen LogP contribution < -0.4 is 5.32 Å². The number of thiophene rings is 1. The van der Waals surface area contributed by atoms with E-state index in [0.717, 1.165) is 33.3 Å². The first kappa shape index (κ1) is 17.8. The van der Waals surface area contributed by atoms with Crippen molar-refractivity contribution in [1.29, 1.82) is 0 Å². The van der Waals surface area contributed by atoms with Crippen LogP contribution in [0.1, 0.15) is 28.1 Å². The first-order chi connectivity index (χ1) is 11.4. The van der Waals surface area contributed by atoms with Gasteiger partial charge in [-0.1, -0.05) is 0 Å².